The van der Waals surface area contributed by atoms with Crippen LogP contribution < -0.4 is 10.2 Å². The van der Waals surface area contributed by atoms with Crippen LogP contribution >= 0.6 is 11.6 Å². The van der Waals surface area contributed by atoms with Crippen molar-refractivity contribution in [3.8, 4) is 11.5 Å². The van der Waals surface area contributed by atoms with E-state index in [0.717, 1.165) is 11.3 Å². The van der Waals surface area contributed by atoms with Crippen LogP contribution in [0.5, 0.6) is 11.5 Å². The standard InChI is InChI=1S/C20H23ClN2O3/c1-3-17(16-7-4-5-8-18(16)24)22-23-20(25)9-6-12-26-19-11-10-15(21)13-14(19)2/h4-5,7-8,10-11,13,24H,3,6,9,12H2,1-2H3,(H,23,25)/b22-17+. The fourth-order valence-electron chi connectivity index (χ4n) is 2.42. The van der Waals surface area contributed by atoms with Crippen LogP contribution in [0, 0.1) is 6.92 Å². The summed E-state index contributed by atoms with van der Waals surface area (Å²) >= 11 is 5.91. The minimum Gasteiger partial charge on any atom is -0.507 e. The number of para-hydroxylation sites is 1. The van der Waals surface area contributed by atoms with E-state index in [1.807, 2.05) is 32.0 Å². The molecule has 2 N–H and O–H groups in total. The molecule has 2 rings (SSSR count). The van der Waals surface area contributed by atoms with E-state index in [4.69, 9.17) is 16.3 Å². The molecule has 0 saturated heterocycles. The van der Waals surface area contributed by atoms with Gasteiger partial charge in [0.2, 0.25) is 5.91 Å². The number of ether oxygens (including phenoxy) is 1. The molecule has 0 fully saturated rings. The number of halogens is 1. The number of phenolic OH excluding ortho intramolecular Hbond substituents is 1. The normalized spacial score (nSPS) is 11.3. The molecule has 0 aliphatic heterocycles. The summed E-state index contributed by atoms with van der Waals surface area (Å²) in [6, 6.07) is 12.4. The van der Waals surface area contributed by atoms with Crippen LogP contribution in [0.25, 0.3) is 0 Å². The number of amides is 1. The number of nitrogens with one attached hydrogen (secondary N) is 1. The Morgan fingerprint density at radius 3 is 2.73 bits per heavy atom. The van der Waals surface area contributed by atoms with E-state index in [2.05, 4.69) is 10.5 Å². The zero-order valence-electron chi connectivity index (χ0n) is 15.0. The minimum absolute atomic E-state index is 0.147. The van der Waals surface area contributed by atoms with Gasteiger partial charge in [-0.15, -0.1) is 0 Å². The second kappa shape index (κ2) is 9.82. The molecule has 2 aromatic rings. The first-order valence-corrected chi connectivity index (χ1v) is 8.91. The van der Waals surface area contributed by atoms with Crippen LogP contribution in [0.3, 0.4) is 0 Å². The SMILES string of the molecule is CC/C(=N\NC(=O)CCCOc1ccc(Cl)cc1C)c1ccccc1O. The average Bonchev–Trinajstić information content (AvgIpc) is 2.62. The smallest absolute Gasteiger partial charge is 0.240 e. The third-order valence-corrected chi connectivity index (χ3v) is 4.04. The number of aromatic hydroxyl groups is 1. The van der Waals surface area contributed by atoms with Crippen molar-refractivity contribution in [1.82, 2.24) is 5.43 Å². The van der Waals surface area contributed by atoms with Crippen LogP contribution in [0.4, 0.5) is 0 Å². The summed E-state index contributed by atoms with van der Waals surface area (Å²) in [4.78, 5) is 11.9. The largest absolute Gasteiger partial charge is 0.507 e. The lowest BCUT2D eigenvalue weighted by atomic mass is 10.1. The number of phenols is 1. The Bertz CT molecular complexity index is 790. The number of hydrogen-bond donors (Lipinski definition) is 2. The molecule has 1 amide bonds. The average molecular weight is 375 g/mol. The Morgan fingerprint density at radius 1 is 1.27 bits per heavy atom. The van der Waals surface area contributed by atoms with Crippen molar-refractivity contribution in [2.45, 2.75) is 33.1 Å². The van der Waals surface area contributed by atoms with Crippen molar-refractivity contribution < 1.29 is 14.6 Å². The maximum atomic E-state index is 11.9. The molecule has 5 nitrogen and oxygen atoms in total. The molecule has 0 radical (unpaired) electrons. The van der Waals surface area contributed by atoms with Crippen molar-refractivity contribution in [2.24, 2.45) is 5.10 Å². The predicted octanol–water partition coefficient (Wildman–Crippen LogP) is 4.44. The van der Waals surface area contributed by atoms with E-state index in [-0.39, 0.29) is 11.7 Å². The van der Waals surface area contributed by atoms with E-state index >= 15 is 0 Å². The maximum absolute atomic E-state index is 11.9. The fourth-order valence-corrected chi connectivity index (χ4v) is 2.65. The van der Waals surface area contributed by atoms with Gasteiger partial charge in [0.1, 0.15) is 11.5 Å². The zero-order valence-corrected chi connectivity index (χ0v) is 15.7. The third kappa shape index (κ3) is 5.77. The molecule has 6 heteroatoms. The van der Waals surface area contributed by atoms with Crippen LogP contribution in [-0.4, -0.2) is 23.3 Å². The molecule has 0 aliphatic carbocycles. The number of benzene rings is 2. The van der Waals surface area contributed by atoms with Gasteiger partial charge >= 0.3 is 0 Å². The van der Waals surface area contributed by atoms with Crippen LogP contribution in [0.2, 0.25) is 5.02 Å². The summed E-state index contributed by atoms with van der Waals surface area (Å²) in [7, 11) is 0. The van der Waals surface area contributed by atoms with Gasteiger partial charge in [-0.05, 0) is 55.7 Å². The predicted molar refractivity (Wildman–Crippen MR) is 104 cm³/mol. The highest BCUT2D eigenvalue weighted by atomic mass is 35.5. The van der Waals surface area contributed by atoms with Crippen molar-refractivity contribution in [3.63, 3.8) is 0 Å². The Labute approximate surface area is 158 Å². The van der Waals surface area contributed by atoms with E-state index < -0.39 is 0 Å². The molecule has 0 bridgehead atoms. The van der Waals surface area contributed by atoms with Gasteiger partial charge < -0.3 is 9.84 Å². The highest BCUT2D eigenvalue weighted by Gasteiger charge is 2.08. The number of hydrazone groups is 1. The van der Waals surface area contributed by atoms with E-state index in [1.165, 1.54) is 0 Å². The lowest BCUT2D eigenvalue weighted by molar-refractivity contribution is -0.121. The number of nitrogens with zero attached hydrogens (tertiary/aromatic N) is 1. The van der Waals surface area contributed by atoms with Crippen LogP contribution in [-0.2, 0) is 4.79 Å². The summed E-state index contributed by atoms with van der Waals surface area (Å²) in [5.41, 5.74) is 4.75. The van der Waals surface area contributed by atoms with E-state index in [1.54, 1.807) is 24.3 Å². The highest BCUT2D eigenvalue weighted by Crippen LogP contribution is 2.22. The van der Waals surface area contributed by atoms with Gasteiger partial charge in [-0.3, -0.25) is 4.79 Å². The van der Waals surface area contributed by atoms with Crippen molar-refractivity contribution in [2.75, 3.05) is 6.61 Å². The molecule has 0 aromatic heterocycles. The monoisotopic (exact) mass is 374 g/mol. The highest BCUT2D eigenvalue weighted by molar-refractivity contribution is 6.30. The maximum Gasteiger partial charge on any atom is 0.240 e. The lowest BCUT2D eigenvalue weighted by Gasteiger charge is -2.09. The fraction of sp³-hybridized carbons (Fsp3) is 0.300. The lowest BCUT2D eigenvalue weighted by Crippen LogP contribution is -2.20. The molecular formula is C20H23ClN2O3. The third-order valence-electron chi connectivity index (χ3n) is 3.81. The summed E-state index contributed by atoms with van der Waals surface area (Å²) in [6.07, 6.45) is 1.46. The molecule has 2 aromatic carbocycles. The second-order valence-electron chi connectivity index (χ2n) is 5.83. The zero-order chi connectivity index (χ0) is 18.9. The Kier molecular flexibility index (Phi) is 7.48. The van der Waals surface area contributed by atoms with Gasteiger partial charge in [-0.2, -0.15) is 5.10 Å². The van der Waals surface area contributed by atoms with Gasteiger partial charge in [0.15, 0.2) is 0 Å². The summed E-state index contributed by atoms with van der Waals surface area (Å²) in [6.45, 7) is 4.27. The molecule has 0 spiro atoms. The second-order valence-corrected chi connectivity index (χ2v) is 6.26. The molecular weight excluding hydrogens is 352 g/mol. The molecule has 0 heterocycles. The first-order valence-electron chi connectivity index (χ1n) is 8.54. The van der Waals surface area contributed by atoms with Crippen molar-refractivity contribution in [3.05, 3.63) is 58.6 Å². The summed E-state index contributed by atoms with van der Waals surface area (Å²) < 4.78 is 5.67. The Hall–Kier alpha value is -2.53. The molecule has 138 valence electrons. The van der Waals surface area contributed by atoms with E-state index in [9.17, 15) is 9.90 Å². The first kappa shape index (κ1) is 19.8. The van der Waals surface area contributed by atoms with Crippen LogP contribution in [0.1, 0.15) is 37.3 Å². The van der Waals surface area contributed by atoms with Gasteiger partial charge in [0.25, 0.3) is 0 Å². The topological polar surface area (TPSA) is 70.9 Å². The minimum atomic E-state index is -0.192. The van der Waals surface area contributed by atoms with Crippen molar-refractivity contribution >= 4 is 23.2 Å². The molecule has 26 heavy (non-hydrogen) atoms. The molecule has 0 aliphatic rings. The quantitative estimate of drug-likeness (QED) is 0.407. The van der Waals surface area contributed by atoms with Gasteiger partial charge in [-0.1, -0.05) is 30.7 Å². The van der Waals surface area contributed by atoms with Gasteiger partial charge in [0.05, 0.1) is 12.3 Å². The Morgan fingerprint density at radius 2 is 2.04 bits per heavy atom. The molecule has 0 atom stereocenters. The number of hydrogen-bond acceptors (Lipinski definition) is 4. The number of carbonyl (C=O) groups is 1. The van der Waals surface area contributed by atoms with Gasteiger partial charge in [0, 0.05) is 17.0 Å². The van der Waals surface area contributed by atoms with Gasteiger partial charge in [-0.25, -0.2) is 5.43 Å². The number of carbonyl (C=O) groups excluding carboxylic acids is 1. The molecule has 0 unspecified atom stereocenters. The van der Waals surface area contributed by atoms with Crippen LogP contribution in [0.15, 0.2) is 47.6 Å². The summed E-state index contributed by atoms with van der Waals surface area (Å²) in [5.74, 6) is 0.720. The number of aryl methyl sites for hydroxylation is 1. The van der Waals surface area contributed by atoms with Crippen molar-refractivity contribution in [1.29, 1.82) is 0 Å². The Balaban J connectivity index is 1.80. The number of rotatable bonds is 8. The van der Waals surface area contributed by atoms with E-state index in [0.29, 0.717) is 42.2 Å². The first-order chi connectivity index (χ1) is 12.5. The molecule has 0 saturated carbocycles. The summed E-state index contributed by atoms with van der Waals surface area (Å²) in [5, 5.41) is 14.7.